The van der Waals surface area contributed by atoms with Crippen molar-refractivity contribution in [2.45, 2.75) is 83.0 Å². The van der Waals surface area contributed by atoms with E-state index in [1.807, 2.05) is 17.0 Å². The molecule has 1 saturated carbocycles. The maximum Gasteiger partial charge on any atom is 0.315 e. The third-order valence-corrected chi connectivity index (χ3v) is 6.87. The third-order valence-electron chi connectivity index (χ3n) is 6.87. The van der Waals surface area contributed by atoms with Crippen LogP contribution in [0.1, 0.15) is 68.9 Å². The summed E-state index contributed by atoms with van der Waals surface area (Å²) in [5, 5.41) is 6.21. The Morgan fingerprint density at radius 2 is 1.83 bits per heavy atom. The predicted molar refractivity (Wildman–Crippen MR) is 118 cm³/mol. The molecule has 2 aliphatic heterocycles. The van der Waals surface area contributed by atoms with Crippen LogP contribution in [-0.4, -0.2) is 53.5 Å². The van der Waals surface area contributed by atoms with Crippen molar-refractivity contribution in [3.63, 3.8) is 0 Å². The first-order valence-electron chi connectivity index (χ1n) is 11.8. The molecule has 2 N–H and O–H groups in total. The Hall–Kier alpha value is -2.08. The Bertz CT molecular complexity index is 732. The van der Waals surface area contributed by atoms with Gasteiger partial charge in [0.2, 0.25) is 5.91 Å². The number of likely N-dealkylation sites (tertiary alicyclic amines) is 2. The van der Waals surface area contributed by atoms with Crippen molar-refractivity contribution in [3.05, 3.63) is 35.4 Å². The highest BCUT2D eigenvalue weighted by atomic mass is 16.2. The highest BCUT2D eigenvalue weighted by Gasteiger charge is 2.27. The number of hydrogen-bond acceptors (Lipinski definition) is 3. The lowest BCUT2D eigenvalue weighted by Crippen LogP contribution is -2.53. The van der Waals surface area contributed by atoms with Crippen molar-refractivity contribution in [3.8, 4) is 0 Å². The van der Waals surface area contributed by atoms with Gasteiger partial charge in [0.15, 0.2) is 0 Å². The van der Waals surface area contributed by atoms with Crippen LogP contribution in [0.3, 0.4) is 0 Å². The van der Waals surface area contributed by atoms with Crippen LogP contribution in [0, 0.1) is 0 Å². The average molecular weight is 413 g/mol. The number of benzene rings is 1. The second kappa shape index (κ2) is 10.3. The fraction of sp³-hybridized carbons (Fsp3) is 0.667. The zero-order chi connectivity index (χ0) is 20.8. The molecule has 0 radical (unpaired) electrons. The molecule has 164 valence electrons. The highest BCUT2D eigenvalue weighted by Crippen LogP contribution is 2.25. The van der Waals surface area contributed by atoms with Crippen molar-refractivity contribution < 1.29 is 9.59 Å². The fourth-order valence-electron chi connectivity index (χ4n) is 5.25. The van der Waals surface area contributed by atoms with E-state index < -0.39 is 0 Å². The standard InChI is InChI=1S/C24H36N4O2/c29-23-12-6-14-28(23)17-20-8-4-7-19(15-20)16-25-24(30)26-21-9-5-13-27(18-21)22-10-2-1-3-11-22/h4,7-8,15,21-22H,1-3,5-6,9-14,16-18H2,(H2,25,26,30). The van der Waals surface area contributed by atoms with E-state index >= 15 is 0 Å². The van der Waals surface area contributed by atoms with E-state index in [-0.39, 0.29) is 18.0 Å². The molecule has 0 spiro atoms. The van der Waals surface area contributed by atoms with Gasteiger partial charge < -0.3 is 15.5 Å². The van der Waals surface area contributed by atoms with E-state index in [0.29, 0.717) is 19.5 Å². The summed E-state index contributed by atoms with van der Waals surface area (Å²) in [4.78, 5) is 28.9. The number of urea groups is 1. The largest absolute Gasteiger partial charge is 0.338 e. The van der Waals surface area contributed by atoms with E-state index in [9.17, 15) is 9.59 Å². The number of nitrogens with one attached hydrogen (secondary N) is 2. The van der Waals surface area contributed by atoms with E-state index in [2.05, 4.69) is 27.7 Å². The Labute approximate surface area is 180 Å². The van der Waals surface area contributed by atoms with Crippen molar-refractivity contribution >= 4 is 11.9 Å². The molecule has 3 fully saturated rings. The van der Waals surface area contributed by atoms with Crippen LogP contribution >= 0.6 is 0 Å². The lowest BCUT2D eigenvalue weighted by Gasteiger charge is -2.40. The average Bonchev–Trinajstić information content (AvgIpc) is 3.18. The summed E-state index contributed by atoms with van der Waals surface area (Å²) in [6, 6.07) is 9.07. The molecule has 1 aromatic carbocycles. The molecule has 3 aliphatic rings. The zero-order valence-corrected chi connectivity index (χ0v) is 18.1. The highest BCUT2D eigenvalue weighted by molar-refractivity contribution is 5.78. The van der Waals surface area contributed by atoms with Crippen LogP contribution < -0.4 is 10.6 Å². The number of rotatable bonds is 6. The lowest BCUT2D eigenvalue weighted by atomic mass is 9.92. The normalized spacial score (nSPS) is 23.5. The molecule has 2 heterocycles. The van der Waals surface area contributed by atoms with Gasteiger partial charge in [0.1, 0.15) is 0 Å². The summed E-state index contributed by atoms with van der Waals surface area (Å²) < 4.78 is 0. The summed E-state index contributed by atoms with van der Waals surface area (Å²) in [5.74, 6) is 0.243. The first-order valence-corrected chi connectivity index (χ1v) is 11.8. The lowest BCUT2D eigenvalue weighted by molar-refractivity contribution is -0.128. The van der Waals surface area contributed by atoms with Gasteiger partial charge in [-0.15, -0.1) is 0 Å². The molecular formula is C24H36N4O2. The van der Waals surface area contributed by atoms with Crippen molar-refractivity contribution in [1.82, 2.24) is 20.4 Å². The SMILES string of the molecule is O=C(NCc1cccc(CN2CCCC2=O)c1)NC1CCCN(C2CCCCC2)C1. The van der Waals surface area contributed by atoms with Crippen LogP contribution in [0.25, 0.3) is 0 Å². The predicted octanol–water partition coefficient (Wildman–Crippen LogP) is 3.41. The van der Waals surface area contributed by atoms with Gasteiger partial charge in [0.25, 0.3) is 0 Å². The summed E-state index contributed by atoms with van der Waals surface area (Å²) in [7, 11) is 0. The molecule has 1 atom stereocenters. The second-order valence-electron chi connectivity index (χ2n) is 9.19. The first kappa shape index (κ1) is 21.2. The number of amides is 3. The molecule has 6 heteroatoms. The van der Waals surface area contributed by atoms with Crippen LogP contribution in [0.2, 0.25) is 0 Å². The van der Waals surface area contributed by atoms with Crippen LogP contribution in [-0.2, 0) is 17.9 Å². The molecule has 0 aromatic heterocycles. The number of piperidine rings is 1. The maximum atomic E-state index is 12.5. The molecule has 1 unspecified atom stereocenters. The molecule has 1 aromatic rings. The molecule has 6 nitrogen and oxygen atoms in total. The molecular weight excluding hydrogens is 376 g/mol. The number of hydrogen-bond donors (Lipinski definition) is 2. The minimum atomic E-state index is -0.0781. The van der Waals surface area contributed by atoms with Crippen molar-refractivity contribution in [2.75, 3.05) is 19.6 Å². The van der Waals surface area contributed by atoms with Crippen LogP contribution in [0.15, 0.2) is 24.3 Å². The molecule has 0 bridgehead atoms. The summed E-state index contributed by atoms with van der Waals surface area (Å²) in [6.07, 6.45) is 10.6. The Balaban J connectivity index is 1.22. The number of carbonyl (C=O) groups excluding carboxylic acids is 2. The molecule has 4 rings (SSSR count). The molecule has 2 saturated heterocycles. The molecule has 1 aliphatic carbocycles. The van der Waals surface area contributed by atoms with Gasteiger partial charge in [-0.1, -0.05) is 43.5 Å². The minimum Gasteiger partial charge on any atom is -0.338 e. The third kappa shape index (κ3) is 5.75. The van der Waals surface area contributed by atoms with E-state index in [1.54, 1.807) is 0 Å². The summed E-state index contributed by atoms with van der Waals surface area (Å²) >= 11 is 0. The fourth-order valence-corrected chi connectivity index (χ4v) is 5.25. The van der Waals surface area contributed by atoms with Gasteiger partial charge in [-0.2, -0.15) is 0 Å². The van der Waals surface area contributed by atoms with Crippen molar-refractivity contribution in [2.24, 2.45) is 0 Å². The van der Waals surface area contributed by atoms with Crippen LogP contribution in [0.4, 0.5) is 4.79 Å². The first-order chi connectivity index (χ1) is 14.7. The van der Waals surface area contributed by atoms with Crippen molar-refractivity contribution in [1.29, 1.82) is 0 Å². The Kier molecular flexibility index (Phi) is 7.26. The monoisotopic (exact) mass is 412 g/mol. The number of carbonyl (C=O) groups is 2. The second-order valence-corrected chi connectivity index (χ2v) is 9.19. The Morgan fingerprint density at radius 3 is 2.63 bits per heavy atom. The Morgan fingerprint density at radius 1 is 1.00 bits per heavy atom. The zero-order valence-electron chi connectivity index (χ0n) is 18.1. The molecule has 3 amide bonds. The van der Waals surface area contributed by atoms with Gasteiger partial charge in [-0.3, -0.25) is 9.69 Å². The summed E-state index contributed by atoms with van der Waals surface area (Å²) in [5.41, 5.74) is 2.20. The summed E-state index contributed by atoms with van der Waals surface area (Å²) in [6.45, 7) is 4.18. The van der Waals surface area contributed by atoms with E-state index in [0.717, 1.165) is 43.1 Å². The van der Waals surface area contributed by atoms with E-state index in [4.69, 9.17) is 0 Å². The van der Waals surface area contributed by atoms with Crippen LogP contribution in [0.5, 0.6) is 0 Å². The number of nitrogens with zero attached hydrogens (tertiary/aromatic N) is 2. The smallest absolute Gasteiger partial charge is 0.315 e. The van der Waals surface area contributed by atoms with Gasteiger partial charge >= 0.3 is 6.03 Å². The maximum absolute atomic E-state index is 12.5. The van der Waals surface area contributed by atoms with E-state index in [1.165, 1.54) is 45.1 Å². The topological polar surface area (TPSA) is 64.7 Å². The quantitative estimate of drug-likeness (QED) is 0.753. The van der Waals surface area contributed by atoms with Gasteiger partial charge in [-0.05, 0) is 49.8 Å². The van der Waals surface area contributed by atoms with Gasteiger partial charge in [0.05, 0.1) is 0 Å². The van der Waals surface area contributed by atoms with Gasteiger partial charge in [-0.25, -0.2) is 4.79 Å². The molecule has 30 heavy (non-hydrogen) atoms. The van der Waals surface area contributed by atoms with Gasteiger partial charge in [0, 0.05) is 44.7 Å². The minimum absolute atomic E-state index is 0.0781.